The van der Waals surface area contributed by atoms with Crippen LogP contribution in [0.1, 0.15) is 20.3 Å². The number of nitrogens with one attached hydrogen (secondary N) is 1. The molecule has 1 aliphatic rings. The highest BCUT2D eigenvalue weighted by Gasteiger charge is 2.22. The summed E-state index contributed by atoms with van der Waals surface area (Å²) in [5.74, 6) is 3.42. The molecule has 4 nitrogen and oxygen atoms in total. The minimum atomic E-state index is 0.747. The summed E-state index contributed by atoms with van der Waals surface area (Å²) in [6.07, 6.45) is 2.95. The molecule has 0 saturated carbocycles. The van der Waals surface area contributed by atoms with Gasteiger partial charge in [-0.2, -0.15) is 0 Å². The summed E-state index contributed by atoms with van der Waals surface area (Å²) in [5.41, 5.74) is 0. The normalized spacial score (nSPS) is 25.6. The van der Waals surface area contributed by atoms with Crippen LogP contribution < -0.4 is 10.2 Å². The van der Waals surface area contributed by atoms with Gasteiger partial charge < -0.3 is 10.2 Å². The molecule has 0 spiro atoms. The second-order valence-corrected chi connectivity index (χ2v) is 4.86. The monoisotopic (exact) mass is 220 g/mol. The van der Waals surface area contributed by atoms with Crippen LogP contribution in [0.2, 0.25) is 0 Å². The average Bonchev–Trinajstić information content (AvgIpc) is 2.28. The van der Waals surface area contributed by atoms with E-state index in [9.17, 15) is 0 Å². The molecule has 4 heteroatoms. The van der Waals surface area contributed by atoms with Gasteiger partial charge in [0.05, 0.1) is 0 Å². The van der Waals surface area contributed by atoms with Gasteiger partial charge in [-0.05, 0) is 18.3 Å². The molecule has 1 N–H and O–H groups in total. The third-order valence-corrected chi connectivity index (χ3v) is 3.10. The van der Waals surface area contributed by atoms with Crippen molar-refractivity contribution in [2.24, 2.45) is 11.8 Å². The maximum Gasteiger partial charge on any atom is 0.134 e. The highest BCUT2D eigenvalue weighted by atomic mass is 15.2. The fourth-order valence-corrected chi connectivity index (χ4v) is 2.51. The van der Waals surface area contributed by atoms with Crippen molar-refractivity contribution in [1.82, 2.24) is 9.97 Å². The molecular formula is C12H20N4. The number of rotatable bonds is 2. The first-order chi connectivity index (χ1) is 7.69. The van der Waals surface area contributed by atoms with Crippen molar-refractivity contribution < 1.29 is 0 Å². The number of piperidine rings is 1. The summed E-state index contributed by atoms with van der Waals surface area (Å²) in [5, 5.41) is 3.05. The first kappa shape index (κ1) is 11.2. The molecule has 88 valence electrons. The van der Waals surface area contributed by atoms with E-state index in [0.29, 0.717) is 0 Å². The molecule has 1 aromatic rings. The topological polar surface area (TPSA) is 41.0 Å². The lowest BCUT2D eigenvalue weighted by Gasteiger charge is -2.35. The molecule has 1 aliphatic heterocycles. The van der Waals surface area contributed by atoms with Gasteiger partial charge in [-0.15, -0.1) is 0 Å². The Morgan fingerprint density at radius 2 is 1.94 bits per heavy atom. The van der Waals surface area contributed by atoms with E-state index in [1.165, 1.54) is 6.42 Å². The average molecular weight is 220 g/mol. The van der Waals surface area contributed by atoms with E-state index in [2.05, 4.69) is 34.0 Å². The lowest BCUT2D eigenvalue weighted by Crippen LogP contribution is -2.39. The molecular weight excluding hydrogens is 200 g/mol. The first-order valence-electron chi connectivity index (χ1n) is 5.93. The third kappa shape index (κ3) is 2.43. The van der Waals surface area contributed by atoms with E-state index in [0.717, 1.165) is 36.6 Å². The van der Waals surface area contributed by atoms with Gasteiger partial charge in [0.1, 0.15) is 18.0 Å². The molecule has 2 unspecified atom stereocenters. The van der Waals surface area contributed by atoms with E-state index in [1.807, 2.05) is 13.1 Å². The Labute approximate surface area is 97.1 Å². The van der Waals surface area contributed by atoms with Gasteiger partial charge in [-0.1, -0.05) is 13.8 Å². The Morgan fingerprint density at radius 3 is 2.56 bits per heavy atom. The van der Waals surface area contributed by atoms with Gasteiger partial charge >= 0.3 is 0 Å². The quantitative estimate of drug-likeness (QED) is 0.827. The minimum absolute atomic E-state index is 0.747. The molecule has 2 rings (SSSR count). The van der Waals surface area contributed by atoms with Gasteiger partial charge in [-0.3, -0.25) is 0 Å². The molecule has 1 aromatic heterocycles. The molecule has 2 heterocycles. The predicted octanol–water partition coefficient (Wildman–Crippen LogP) is 2.00. The van der Waals surface area contributed by atoms with Crippen LogP contribution in [0.4, 0.5) is 11.6 Å². The standard InChI is InChI=1S/C12H20N4/c1-9-4-10(2)7-16(6-9)12-5-11(13-3)14-8-15-12/h5,8-10H,4,6-7H2,1-3H3,(H,13,14,15). The van der Waals surface area contributed by atoms with Crippen molar-refractivity contribution in [3.63, 3.8) is 0 Å². The molecule has 16 heavy (non-hydrogen) atoms. The molecule has 0 radical (unpaired) electrons. The Hall–Kier alpha value is -1.32. The van der Waals surface area contributed by atoms with E-state index < -0.39 is 0 Å². The summed E-state index contributed by atoms with van der Waals surface area (Å²) in [4.78, 5) is 10.9. The highest BCUT2D eigenvalue weighted by molar-refractivity contribution is 5.48. The van der Waals surface area contributed by atoms with E-state index >= 15 is 0 Å². The van der Waals surface area contributed by atoms with E-state index in [-0.39, 0.29) is 0 Å². The lowest BCUT2D eigenvalue weighted by atomic mass is 9.92. The Kier molecular flexibility index (Phi) is 3.27. The highest BCUT2D eigenvalue weighted by Crippen LogP contribution is 2.25. The zero-order chi connectivity index (χ0) is 11.5. The van der Waals surface area contributed by atoms with Crippen molar-refractivity contribution in [2.75, 3.05) is 30.4 Å². The smallest absolute Gasteiger partial charge is 0.134 e. The first-order valence-corrected chi connectivity index (χ1v) is 5.93. The molecule has 0 aliphatic carbocycles. The summed E-state index contributed by atoms with van der Waals surface area (Å²) in [6, 6.07) is 2.02. The Bertz CT molecular complexity index is 343. The number of nitrogens with zero attached hydrogens (tertiary/aromatic N) is 3. The van der Waals surface area contributed by atoms with Crippen LogP contribution in [-0.2, 0) is 0 Å². The molecule has 0 bridgehead atoms. The van der Waals surface area contributed by atoms with Gasteiger partial charge in [-0.25, -0.2) is 9.97 Å². The number of anilines is 2. The van der Waals surface area contributed by atoms with Crippen molar-refractivity contribution in [3.05, 3.63) is 12.4 Å². The van der Waals surface area contributed by atoms with Crippen molar-refractivity contribution in [1.29, 1.82) is 0 Å². The second-order valence-electron chi connectivity index (χ2n) is 4.86. The van der Waals surface area contributed by atoms with Crippen LogP contribution in [0, 0.1) is 11.8 Å². The predicted molar refractivity (Wildman–Crippen MR) is 66.7 cm³/mol. The van der Waals surface area contributed by atoms with Crippen molar-refractivity contribution >= 4 is 11.6 Å². The zero-order valence-electron chi connectivity index (χ0n) is 10.3. The van der Waals surface area contributed by atoms with Crippen molar-refractivity contribution in [3.8, 4) is 0 Å². The van der Waals surface area contributed by atoms with Crippen LogP contribution in [0.25, 0.3) is 0 Å². The Morgan fingerprint density at radius 1 is 1.25 bits per heavy atom. The second kappa shape index (κ2) is 4.68. The Balaban J connectivity index is 2.16. The molecule has 1 fully saturated rings. The van der Waals surface area contributed by atoms with Gasteiger partial charge in [0.15, 0.2) is 0 Å². The van der Waals surface area contributed by atoms with Gasteiger partial charge in [0.2, 0.25) is 0 Å². The van der Waals surface area contributed by atoms with Crippen LogP contribution in [0.15, 0.2) is 12.4 Å². The molecule has 0 amide bonds. The number of hydrogen-bond acceptors (Lipinski definition) is 4. The van der Waals surface area contributed by atoms with Gasteiger partial charge in [0.25, 0.3) is 0 Å². The third-order valence-electron chi connectivity index (χ3n) is 3.10. The lowest BCUT2D eigenvalue weighted by molar-refractivity contribution is 0.355. The van der Waals surface area contributed by atoms with Crippen LogP contribution in [0.5, 0.6) is 0 Å². The SMILES string of the molecule is CNc1cc(N2CC(C)CC(C)C2)ncn1. The molecule has 0 aromatic carbocycles. The van der Waals surface area contributed by atoms with Crippen molar-refractivity contribution in [2.45, 2.75) is 20.3 Å². The largest absolute Gasteiger partial charge is 0.373 e. The van der Waals surface area contributed by atoms with Crippen LogP contribution >= 0.6 is 0 Å². The van der Waals surface area contributed by atoms with E-state index in [1.54, 1.807) is 6.33 Å². The summed E-state index contributed by atoms with van der Waals surface area (Å²) < 4.78 is 0. The summed E-state index contributed by atoms with van der Waals surface area (Å²) >= 11 is 0. The van der Waals surface area contributed by atoms with Gasteiger partial charge in [0, 0.05) is 26.2 Å². The minimum Gasteiger partial charge on any atom is -0.373 e. The fraction of sp³-hybridized carbons (Fsp3) is 0.667. The maximum atomic E-state index is 4.35. The summed E-state index contributed by atoms with van der Waals surface area (Å²) in [7, 11) is 1.88. The number of aromatic nitrogens is 2. The zero-order valence-corrected chi connectivity index (χ0v) is 10.3. The van der Waals surface area contributed by atoms with E-state index in [4.69, 9.17) is 0 Å². The van der Waals surface area contributed by atoms with Crippen LogP contribution in [0.3, 0.4) is 0 Å². The fourth-order valence-electron chi connectivity index (χ4n) is 2.51. The molecule has 1 saturated heterocycles. The van der Waals surface area contributed by atoms with Crippen LogP contribution in [-0.4, -0.2) is 30.1 Å². The number of hydrogen-bond donors (Lipinski definition) is 1. The maximum absolute atomic E-state index is 4.35. The molecule has 2 atom stereocenters. The summed E-state index contributed by atoms with van der Waals surface area (Å²) in [6.45, 7) is 6.82.